The fourth-order valence-electron chi connectivity index (χ4n) is 2.31. The number of nitrogens with one attached hydrogen (secondary N) is 3. The number of aryl methyl sites for hydroxylation is 1. The van der Waals surface area contributed by atoms with Gasteiger partial charge in [-0.15, -0.1) is 11.8 Å². The van der Waals surface area contributed by atoms with E-state index in [4.69, 9.17) is 0 Å². The Morgan fingerprint density at radius 3 is 2.45 bits per heavy atom. The van der Waals surface area contributed by atoms with Gasteiger partial charge >= 0.3 is 0 Å². The van der Waals surface area contributed by atoms with E-state index in [-0.39, 0.29) is 23.6 Å². The number of piperidine rings is 1. The predicted molar refractivity (Wildman–Crippen MR) is 91.2 cm³/mol. The molecule has 1 fully saturated rings. The third-order valence-corrected chi connectivity index (χ3v) is 4.44. The Morgan fingerprint density at radius 2 is 1.77 bits per heavy atom. The zero-order valence-corrected chi connectivity index (χ0v) is 13.7. The molecule has 0 aromatic heterocycles. The lowest BCUT2D eigenvalue weighted by Crippen LogP contribution is -2.43. The minimum atomic E-state index is -0.0801. The number of amides is 2. The monoisotopic (exact) mass is 321 g/mol. The molecule has 3 N–H and O–H groups in total. The lowest BCUT2D eigenvalue weighted by atomic mass is 10.1. The van der Waals surface area contributed by atoms with Crippen molar-refractivity contribution < 1.29 is 9.59 Å². The number of carbonyl (C=O) groups excluding carboxylic acids is 2. The molecule has 120 valence electrons. The molecule has 0 saturated carbocycles. The van der Waals surface area contributed by atoms with Gasteiger partial charge in [-0.2, -0.15) is 0 Å². The summed E-state index contributed by atoms with van der Waals surface area (Å²) in [5, 5.41) is 9.10. The Balaban J connectivity index is 1.61. The smallest absolute Gasteiger partial charge is 0.234 e. The highest BCUT2D eigenvalue weighted by atomic mass is 32.2. The summed E-state index contributed by atoms with van der Waals surface area (Å²) in [6, 6.07) is 7.93. The van der Waals surface area contributed by atoms with Crippen molar-refractivity contribution in [3.8, 4) is 0 Å². The van der Waals surface area contributed by atoms with Gasteiger partial charge in [-0.1, -0.05) is 17.7 Å². The van der Waals surface area contributed by atoms with Crippen LogP contribution in [0.3, 0.4) is 0 Å². The molecule has 6 heteroatoms. The summed E-state index contributed by atoms with van der Waals surface area (Å²) in [4.78, 5) is 23.6. The molecule has 22 heavy (non-hydrogen) atoms. The van der Waals surface area contributed by atoms with Crippen LogP contribution in [0.25, 0.3) is 0 Å². The normalized spacial score (nSPS) is 15.3. The van der Waals surface area contributed by atoms with Crippen LogP contribution < -0.4 is 16.0 Å². The molecule has 0 aliphatic carbocycles. The zero-order chi connectivity index (χ0) is 15.8. The first-order valence-corrected chi connectivity index (χ1v) is 8.73. The third kappa shape index (κ3) is 6.07. The molecule has 0 bridgehead atoms. The quantitative estimate of drug-likeness (QED) is 0.743. The van der Waals surface area contributed by atoms with Crippen LogP contribution in [0.5, 0.6) is 0 Å². The highest BCUT2D eigenvalue weighted by Gasteiger charge is 2.15. The van der Waals surface area contributed by atoms with Gasteiger partial charge < -0.3 is 16.0 Å². The van der Waals surface area contributed by atoms with Gasteiger partial charge in [0.1, 0.15) is 0 Å². The highest BCUT2D eigenvalue weighted by molar-refractivity contribution is 8.00. The minimum absolute atomic E-state index is 0.0139. The van der Waals surface area contributed by atoms with Crippen LogP contribution in [-0.4, -0.2) is 42.5 Å². The largest absolute Gasteiger partial charge is 0.353 e. The number of thioether (sulfide) groups is 1. The van der Waals surface area contributed by atoms with Gasteiger partial charge in [0.15, 0.2) is 0 Å². The molecule has 1 aromatic rings. The van der Waals surface area contributed by atoms with Crippen molar-refractivity contribution in [2.75, 3.05) is 29.9 Å². The predicted octanol–water partition coefficient (Wildman–Crippen LogP) is 1.53. The fraction of sp³-hybridized carbons (Fsp3) is 0.500. The van der Waals surface area contributed by atoms with Crippen molar-refractivity contribution in [3.05, 3.63) is 29.8 Å². The van der Waals surface area contributed by atoms with Gasteiger partial charge in [0.05, 0.1) is 11.5 Å². The summed E-state index contributed by atoms with van der Waals surface area (Å²) in [6.07, 6.45) is 1.95. The van der Waals surface area contributed by atoms with Gasteiger partial charge in [-0.3, -0.25) is 9.59 Å². The topological polar surface area (TPSA) is 70.2 Å². The highest BCUT2D eigenvalue weighted by Crippen LogP contribution is 2.10. The fourth-order valence-corrected chi connectivity index (χ4v) is 2.93. The molecule has 2 amide bonds. The molecule has 0 unspecified atom stereocenters. The summed E-state index contributed by atoms with van der Waals surface area (Å²) in [5.74, 6) is 0.544. The summed E-state index contributed by atoms with van der Waals surface area (Å²) in [5.41, 5.74) is 1.94. The lowest BCUT2D eigenvalue weighted by molar-refractivity contribution is -0.119. The second-order valence-corrected chi connectivity index (χ2v) is 6.48. The van der Waals surface area contributed by atoms with Gasteiger partial charge in [-0.05, 0) is 45.0 Å². The summed E-state index contributed by atoms with van der Waals surface area (Å²) >= 11 is 1.34. The number of anilines is 1. The van der Waals surface area contributed by atoms with E-state index in [1.54, 1.807) is 0 Å². The molecule has 2 rings (SSSR count). The van der Waals surface area contributed by atoms with Crippen molar-refractivity contribution in [1.82, 2.24) is 10.6 Å². The Kier molecular flexibility index (Phi) is 6.74. The molecule has 0 atom stereocenters. The number of rotatable bonds is 6. The van der Waals surface area contributed by atoms with Crippen LogP contribution in [0, 0.1) is 6.92 Å². The zero-order valence-electron chi connectivity index (χ0n) is 12.9. The Hall–Kier alpha value is -1.53. The standard InChI is InChI=1S/C16H23N3O2S/c1-12-2-4-13(5-3-12)18-15(20)10-22-11-16(21)19-14-6-8-17-9-7-14/h2-5,14,17H,6-11H2,1H3,(H,18,20)(H,19,21). The Morgan fingerprint density at radius 1 is 1.14 bits per heavy atom. The van der Waals surface area contributed by atoms with E-state index in [1.807, 2.05) is 31.2 Å². The summed E-state index contributed by atoms with van der Waals surface area (Å²) < 4.78 is 0. The van der Waals surface area contributed by atoms with E-state index in [2.05, 4.69) is 16.0 Å². The number of hydrogen-bond donors (Lipinski definition) is 3. The van der Waals surface area contributed by atoms with Crippen LogP contribution in [-0.2, 0) is 9.59 Å². The number of benzene rings is 1. The van der Waals surface area contributed by atoms with E-state index in [0.717, 1.165) is 37.2 Å². The molecule has 0 spiro atoms. The first-order chi connectivity index (χ1) is 10.6. The molecule has 0 radical (unpaired) electrons. The van der Waals surface area contributed by atoms with Crippen LogP contribution in [0.1, 0.15) is 18.4 Å². The van der Waals surface area contributed by atoms with Crippen molar-refractivity contribution in [2.24, 2.45) is 0 Å². The second kappa shape index (κ2) is 8.80. The molecule has 1 saturated heterocycles. The van der Waals surface area contributed by atoms with E-state index in [1.165, 1.54) is 11.8 Å². The molecule has 1 aliphatic rings. The van der Waals surface area contributed by atoms with E-state index >= 15 is 0 Å². The SMILES string of the molecule is Cc1ccc(NC(=O)CSCC(=O)NC2CCNCC2)cc1. The van der Waals surface area contributed by atoms with Crippen molar-refractivity contribution in [3.63, 3.8) is 0 Å². The maximum absolute atomic E-state index is 11.8. The van der Waals surface area contributed by atoms with Gasteiger partial charge in [0, 0.05) is 11.7 Å². The average Bonchev–Trinajstić information content (AvgIpc) is 2.50. The minimum Gasteiger partial charge on any atom is -0.353 e. The molecule has 1 aliphatic heterocycles. The van der Waals surface area contributed by atoms with Gasteiger partial charge in [0.2, 0.25) is 11.8 Å². The van der Waals surface area contributed by atoms with E-state index in [0.29, 0.717) is 5.75 Å². The molecule has 5 nitrogen and oxygen atoms in total. The van der Waals surface area contributed by atoms with Crippen LogP contribution in [0.4, 0.5) is 5.69 Å². The molecular weight excluding hydrogens is 298 g/mol. The van der Waals surface area contributed by atoms with Crippen LogP contribution in [0.2, 0.25) is 0 Å². The maximum atomic E-state index is 11.8. The van der Waals surface area contributed by atoms with Gasteiger partial charge in [-0.25, -0.2) is 0 Å². The van der Waals surface area contributed by atoms with Crippen molar-refractivity contribution in [2.45, 2.75) is 25.8 Å². The van der Waals surface area contributed by atoms with E-state index < -0.39 is 0 Å². The first kappa shape index (κ1) is 16.8. The van der Waals surface area contributed by atoms with Crippen LogP contribution >= 0.6 is 11.8 Å². The number of hydrogen-bond acceptors (Lipinski definition) is 4. The van der Waals surface area contributed by atoms with Crippen molar-refractivity contribution >= 4 is 29.3 Å². The molecule has 1 heterocycles. The molecular formula is C16H23N3O2S. The lowest BCUT2D eigenvalue weighted by Gasteiger charge is -2.23. The third-order valence-electron chi connectivity index (χ3n) is 3.51. The maximum Gasteiger partial charge on any atom is 0.234 e. The Bertz CT molecular complexity index is 499. The van der Waals surface area contributed by atoms with Crippen LogP contribution in [0.15, 0.2) is 24.3 Å². The molecule has 1 aromatic carbocycles. The van der Waals surface area contributed by atoms with Gasteiger partial charge in [0.25, 0.3) is 0 Å². The first-order valence-electron chi connectivity index (χ1n) is 7.58. The van der Waals surface area contributed by atoms with Crippen molar-refractivity contribution in [1.29, 1.82) is 0 Å². The second-order valence-electron chi connectivity index (χ2n) is 5.50. The average molecular weight is 321 g/mol. The van der Waals surface area contributed by atoms with E-state index in [9.17, 15) is 9.59 Å². The summed E-state index contributed by atoms with van der Waals surface area (Å²) in [7, 11) is 0. The Labute approximate surface area is 135 Å². The summed E-state index contributed by atoms with van der Waals surface area (Å²) in [6.45, 7) is 3.91. The number of carbonyl (C=O) groups is 2.